The quantitative estimate of drug-likeness (QED) is 0.616. The third kappa shape index (κ3) is 0.657. The number of nitrogens with one attached hydrogen (secondary N) is 1. The van der Waals surface area contributed by atoms with E-state index in [4.69, 9.17) is 11.6 Å². The van der Waals surface area contributed by atoms with Gasteiger partial charge in [-0.05, 0) is 6.07 Å². The normalized spacial score (nSPS) is 10.5. The first-order chi connectivity index (χ1) is 4.88. The van der Waals surface area contributed by atoms with Crippen LogP contribution in [0, 0.1) is 0 Å². The van der Waals surface area contributed by atoms with Gasteiger partial charge >= 0.3 is 0 Å². The van der Waals surface area contributed by atoms with E-state index in [0.717, 1.165) is 5.39 Å². The van der Waals surface area contributed by atoms with Crippen molar-refractivity contribution in [1.29, 1.82) is 0 Å². The number of rotatable bonds is 0. The molecule has 0 amide bonds. The van der Waals surface area contributed by atoms with Gasteiger partial charge < -0.3 is 0 Å². The number of hydrogen-bond donors (Lipinski definition) is 1. The Morgan fingerprint density at radius 3 is 3.20 bits per heavy atom. The molecule has 0 aliphatic heterocycles. The van der Waals surface area contributed by atoms with Crippen molar-refractivity contribution in [2.45, 2.75) is 0 Å². The number of halogens is 1. The Labute approximate surface area is 61.2 Å². The molecule has 0 bridgehead atoms. The van der Waals surface area contributed by atoms with Crippen molar-refractivity contribution >= 4 is 22.6 Å². The molecule has 2 aromatic rings. The van der Waals surface area contributed by atoms with Crippen LogP contribution in [0.2, 0.25) is 5.15 Å². The number of aromatic nitrogens is 4. The Hall–Kier alpha value is -1.16. The fraction of sp³-hybridized carbons (Fsp3) is 0. The maximum atomic E-state index is 5.66. The van der Waals surface area contributed by atoms with Gasteiger partial charge in [0.15, 0.2) is 10.8 Å². The summed E-state index contributed by atoms with van der Waals surface area (Å²) in [5.41, 5.74) is 0.618. The van der Waals surface area contributed by atoms with E-state index < -0.39 is 0 Å². The van der Waals surface area contributed by atoms with Crippen LogP contribution in [0.3, 0.4) is 0 Å². The van der Waals surface area contributed by atoms with Crippen molar-refractivity contribution in [2.75, 3.05) is 0 Å². The zero-order chi connectivity index (χ0) is 6.97. The molecule has 0 aliphatic rings. The van der Waals surface area contributed by atoms with E-state index >= 15 is 0 Å². The first kappa shape index (κ1) is 5.61. The van der Waals surface area contributed by atoms with Crippen LogP contribution in [-0.2, 0) is 0 Å². The maximum absolute atomic E-state index is 5.66. The molecule has 50 valence electrons. The maximum Gasteiger partial charge on any atom is 0.179 e. The van der Waals surface area contributed by atoms with Gasteiger partial charge in [-0.1, -0.05) is 11.6 Å². The minimum Gasteiger partial charge on any atom is -0.258 e. The highest BCUT2D eigenvalue weighted by molar-refractivity contribution is 6.33. The summed E-state index contributed by atoms with van der Waals surface area (Å²) in [5, 5.41) is 15.0. The number of hydrogen-bond acceptors (Lipinski definition) is 3. The van der Waals surface area contributed by atoms with Gasteiger partial charge in [-0.25, -0.2) is 0 Å². The molecule has 0 spiro atoms. The first-order valence-corrected chi connectivity index (χ1v) is 3.07. The Kier molecular flexibility index (Phi) is 1.07. The number of nitrogens with zero attached hydrogens (tertiary/aromatic N) is 3. The molecular weight excluding hydrogens is 152 g/mol. The van der Waals surface area contributed by atoms with Gasteiger partial charge in [0.25, 0.3) is 0 Å². The molecule has 0 saturated heterocycles. The Bertz CT molecular complexity index is 355. The molecule has 2 aromatic heterocycles. The van der Waals surface area contributed by atoms with Crippen LogP contribution in [0.1, 0.15) is 0 Å². The van der Waals surface area contributed by atoms with E-state index in [1.54, 1.807) is 12.3 Å². The SMILES string of the molecule is Clc1n[nH]c2nnccc12. The molecule has 4 nitrogen and oxygen atoms in total. The molecule has 5 heteroatoms. The van der Waals surface area contributed by atoms with Crippen molar-refractivity contribution in [3.05, 3.63) is 17.4 Å². The van der Waals surface area contributed by atoms with Crippen LogP contribution in [0.15, 0.2) is 12.3 Å². The largest absolute Gasteiger partial charge is 0.258 e. The van der Waals surface area contributed by atoms with Crippen LogP contribution < -0.4 is 0 Å². The number of fused-ring (bicyclic) bond motifs is 1. The summed E-state index contributed by atoms with van der Waals surface area (Å²) < 4.78 is 0. The van der Waals surface area contributed by atoms with Crippen LogP contribution in [0.4, 0.5) is 0 Å². The van der Waals surface area contributed by atoms with Gasteiger partial charge in [-0.3, -0.25) is 5.10 Å². The molecule has 1 N–H and O–H groups in total. The van der Waals surface area contributed by atoms with Gasteiger partial charge in [0.05, 0.1) is 11.6 Å². The van der Waals surface area contributed by atoms with Crippen molar-refractivity contribution < 1.29 is 0 Å². The predicted octanol–water partition coefficient (Wildman–Crippen LogP) is 1.01. The smallest absolute Gasteiger partial charge is 0.179 e. The fourth-order valence-electron chi connectivity index (χ4n) is 0.743. The first-order valence-electron chi connectivity index (χ1n) is 2.69. The van der Waals surface area contributed by atoms with Gasteiger partial charge in [0.2, 0.25) is 0 Å². The summed E-state index contributed by atoms with van der Waals surface area (Å²) in [6.07, 6.45) is 1.57. The van der Waals surface area contributed by atoms with E-state index in [-0.39, 0.29) is 0 Å². The average Bonchev–Trinajstić information content (AvgIpc) is 2.34. The van der Waals surface area contributed by atoms with E-state index in [1.807, 2.05) is 0 Å². The lowest BCUT2D eigenvalue weighted by Crippen LogP contribution is -1.78. The van der Waals surface area contributed by atoms with Crippen molar-refractivity contribution in [2.24, 2.45) is 0 Å². The van der Waals surface area contributed by atoms with Gasteiger partial charge in [-0.15, -0.1) is 5.10 Å². The highest BCUT2D eigenvalue weighted by Crippen LogP contribution is 2.15. The van der Waals surface area contributed by atoms with Gasteiger partial charge in [0.1, 0.15) is 0 Å². The van der Waals surface area contributed by atoms with Crippen LogP contribution in [-0.4, -0.2) is 20.4 Å². The molecule has 0 aromatic carbocycles. The Balaban J connectivity index is 2.93. The number of aromatic amines is 1. The summed E-state index contributed by atoms with van der Waals surface area (Å²) in [6.45, 7) is 0. The second-order valence-electron chi connectivity index (χ2n) is 1.81. The monoisotopic (exact) mass is 154 g/mol. The molecule has 0 unspecified atom stereocenters. The molecule has 2 rings (SSSR count). The van der Waals surface area contributed by atoms with E-state index in [2.05, 4.69) is 20.4 Å². The van der Waals surface area contributed by atoms with Crippen molar-refractivity contribution in [3.8, 4) is 0 Å². The lowest BCUT2D eigenvalue weighted by molar-refractivity contribution is 1.02. The molecule has 0 aliphatic carbocycles. The highest BCUT2D eigenvalue weighted by Gasteiger charge is 2.00. The third-order valence-electron chi connectivity index (χ3n) is 1.20. The topological polar surface area (TPSA) is 54.5 Å². The zero-order valence-electron chi connectivity index (χ0n) is 4.87. The number of H-pyrrole nitrogens is 1. The van der Waals surface area contributed by atoms with Crippen LogP contribution in [0.25, 0.3) is 11.0 Å². The Morgan fingerprint density at radius 1 is 1.50 bits per heavy atom. The van der Waals surface area contributed by atoms with Gasteiger partial charge in [0, 0.05) is 0 Å². The molecule has 2 heterocycles. The molecular formula is C5H3ClN4. The zero-order valence-corrected chi connectivity index (χ0v) is 5.63. The highest BCUT2D eigenvalue weighted by atomic mass is 35.5. The van der Waals surface area contributed by atoms with E-state index in [1.165, 1.54) is 0 Å². The van der Waals surface area contributed by atoms with Crippen LogP contribution in [0.5, 0.6) is 0 Å². The van der Waals surface area contributed by atoms with Crippen LogP contribution >= 0.6 is 11.6 Å². The summed E-state index contributed by atoms with van der Waals surface area (Å²) in [5.74, 6) is 0. The Morgan fingerprint density at radius 2 is 2.40 bits per heavy atom. The minimum absolute atomic E-state index is 0.435. The minimum atomic E-state index is 0.435. The summed E-state index contributed by atoms with van der Waals surface area (Å²) >= 11 is 5.66. The predicted molar refractivity (Wildman–Crippen MR) is 36.7 cm³/mol. The second kappa shape index (κ2) is 1.91. The lowest BCUT2D eigenvalue weighted by Gasteiger charge is -1.81. The van der Waals surface area contributed by atoms with Gasteiger partial charge in [-0.2, -0.15) is 10.2 Å². The summed E-state index contributed by atoms with van der Waals surface area (Å²) in [7, 11) is 0. The fourth-order valence-corrected chi connectivity index (χ4v) is 0.938. The molecule has 0 saturated carbocycles. The van der Waals surface area contributed by atoms with E-state index in [9.17, 15) is 0 Å². The van der Waals surface area contributed by atoms with Crippen molar-refractivity contribution in [3.63, 3.8) is 0 Å². The molecule has 0 atom stereocenters. The lowest BCUT2D eigenvalue weighted by atomic mass is 10.4. The van der Waals surface area contributed by atoms with Crippen molar-refractivity contribution in [1.82, 2.24) is 20.4 Å². The average molecular weight is 155 g/mol. The molecule has 0 fully saturated rings. The van der Waals surface area contributed by atoms with E-state index in [0.29, 0.717) is 10.8 Å². The molecule has 10 heavy (non-hydrogen) atoms. The molecule has 0 radical (unpaired) electrons. The summed E-state index contributed by atoms with van der Waals surface area (Å²) in [6, 6.07) is 1.76. The standard InChI is InChI=1S/C5H3ClN4/c6-4-3-1-2-7-9-5(3)10-8-4/h1-2H,(H,8,9,10). The second-order valence-corrected chi connectivity index (χ2v) is 2.17. The summed E-state index contributed by atoms with van der Waals surface area (Å²) in [4.78, 5) is 0. The third-order valence-corrected chi connectivity index (χ3v) is 1.49.